The maximum Gasteiger partial charge on any atom is 0.417 e. The fourth-order valence-corrected chi connectivity index (χ4v) is 2.40. The van der Waals surface area contributed by atoms with E-state index in [1.165, 1.54) is 11.8 Å². The molecular weight excluding hydrogens is 280 g/mol. The van der Waals surface area contributed by atoms with Crippen molar-refractivity contribution in [2.75, 3.05) is 5.32 Å². The lowest BCUT2D eigenvalue weighted by atomic mass is 9.81. The van der Waals surface area contributed by atoms with Gasteiger partial charge in [0.25, 0.3) is 0 Å². The van der Waals surface area contributed by atoms with Crippen molar-refractivity contribution in [1.82, 2.24) is 5.16 Å². The molecule has 1 aromatic heterocycles. The summed E-state index contributed by atoms with van der Waals surface area (Å²) in [6.07, 6.45) is 3.06. The summed E-state index contributed by atoms with van der Waals surface area (Å²) in [7, 11) is 0. The van der Waals surface area contributed by atoms with Crippen LogP contribution < -0.4 is 10.1 Å². The molecule has 2 rings (SSSR count). The van der Waals surface area contributed by atoms with Gasteiger partial charge in [-0.05, 0) is 29.5 Å². The lowest BCUT2D eigenvalue weighted by Crippen LogP contribution is -2.18. The Hall–Kier alpha value is -2.30. The van der Waals surface area contributed by atoms with Crippen LogP contribution in [-0.4, -0.2) is 11.2 Å². The van der Waals surface area contributed by atoms with E-state index in [4.69, 9.17) is 9.26 Å². The van der Waals surface area contributed by atoms with Crippen LogP contribution in [0.1, 0.15) is 44.9 Å². The first kappa shape index (κ1) is 16.1. The summed E-state index contributed by atoms with van der Waals surface area (Å²) in [5.74, 6) is 0.782. The van der Waals surface area contributed by atoms with Crippen LogP contribution >= 0.6 is 0 Å². The number of rotatable bonds is 5. The highest BCUT2D eigenvalue weighted by Gasteiger charge is 2.19. The Morgan fingerprint density at radius 1 is 1.32 bits per heavy atom. The number of aryl methyl sites for hydroxylation is 1. The van der Waals surface area contributed by atoms with Crippen molar-refractivity contribution in [3.05, 3.63) is 41.8 Å². The number of carbonyl (C=O) groups excluding carboxylic acids is 1. The Balaban J connectivity index is 1.99. The van der Waals surface area contributed by atoms with Gasteiger partial charge in [0, 0.05) is 12.6 Å². The van der Waals surface area contributed by atoms with Crippen LogP contribution in [0.4, 0.5) is 10.5 Å². The quantitative estimate of drug-likeness (QED) is 0.871. The average molecular weight is 302 g/mol. The molecule has 0 atom stereocenters. The molecule has 22 heavy (non-hydrogen) atoms. The molecule has 0 aliphatic heterocycles. The molecule has 0 aliphatic rings. The van der Waals surface area contributed by atoms with Gasteiger partial charge in [-0.3, -0.25) is 5.32 Å². The summed E-state index contributed by atoms with van der Waals surface area (Å²) in [6, 6.07) is 7.84. The largest absolute Gasteiger partial charge is 0.417 e. The average Bonchev–Trinajstić information content (AvgIpc) is 2.84. The number of carbonyl (C=O) groups is 1. The first-order chi connectivity index (χ1) is 10.4. The normalized spacial score (nSPS) is 11.3. The molecule has 5 nitrogen and oxygen atoms in total. The van der Waals surface area contributed by atoms with Crippen LogP contribution in [0.25, 0.3) is 0 Å². The van der Waals surface area contributed by atoms with E-state index in [0.29, 0.717) is 17.2 Å². The van der Waals surface area contributed by atoms with E-state index in [9.17, 15) is 4.79 Å². The highest BCUT2D eigenvalue weighted by molar-refractivity contribution is 5.86. The first-order valence-corrected chi connectivity index (χ1v) is 7.43. The Bertz CT molecular complexity index is 630. The third-order valence-electron chi connectivity index (χ3n) is 3.70. The third-order valence-corrected chi connectivity index (χ3v) is 3.70. The van der Waals surface area contributed by atoms with E-state index in [-0.39, 0.29) is 5.41 Å². The summed E-state index contributed by atoms with van der Waals surface area (Å²) in [6.45, 7) is 8.31. The summed E-state index contributed by atoms with van der Waals surface area (Å²) < 4.78 is 9.96. The van der Waals surface area contributed by atoms with Crippen molar-refractivity contribution >= 4 is 11.8 Å². The zero-order chi connectivity index (χ0) is 16.2. The van der Waals surface area contributed by atoms with Crippen molar-refractivity contribution in [2.24, 2.45) is 0 Å². The second-order valence-corrected chi connectivity index (χ2v) is 5.97. The topological polar surface area (TPSA) is 64.4 Å². The van der Waals surface area contributed by atoms with Crippen molar-refractivity contribution < 1.29 is 14.1 Å². The standard InChI is InChI=1S/C17H22N2O3/c1-5-10-17(3,4)13-6-8-14(9-7-13)19-16(20)21-15-11-18-22-12(15)2/h6-9,11H,5,10H2,1-4H3,(H,19,20). The lowest BCUT2D eigenvalue weighted by molar-refractivity contribution is 0.214. The van der Waals surface area contributed by atoms with Crippen LogP contribution in [0.2, 0.25) is 0 Å². The lowest BCUT2D eigenvalue weighted by Gasteiger charge is -2.24. The smallest absolute Gasteiger partial charge is 0.405 e. The summed E-state index contributed by atoms with van der Waals surface area (Å²) in [5.41, 5.74) is 2.08. The first-order valence-electron chi connectivity index (χ1n) is 7.43. The molecule has 0 spiro atoms. The highest BCUT2D eigenvalue weighted by atomic mass is 16.6. The van der Waals surface area contributed by atoms with E-state index < -0.39 is 6.09 Å². The minimum Gasteiger partial charge on any atom is -0.405 e. The summed E-state index contributed by atoms with van der Waals surface area (Å²) in [4.78, 5) is 11.8. The van der Waals surface area contributed by atoms with Gasteiger partial charge in [-0.1, -0.05) is 44.5 Å². The maximum absolute atomic E-state index is 11.8. The van der Waals surface area contributed by atoms with E-state index >= 15 is 0 Å². The van der Waals surface area contributed by atoms with Gasteiger partial charge in [0.05, 0.1) is 0 Å². The van der Waals surface area contributed by atoms with Gasteiger partial charge in [-0.15, -0.1) is 0 Å². The van der Waals surface area contributed by atoms with Gasteiger partial charge in [0.15, 0.2) is 11.5 Å². The fourth-order valence-electron chi connectivity index (χ4n) is 2.40. The van der Waals surface area contributed by atoms with Crippen LogP contribution in [0.5, 0.6) is 5.75 Å². The molecule has 118 valence electrons. The van der Waals surface area contributed by atoms with Crippen molar-refractivity contribution in [3.8, 4) is 5.75 Å². The van der Waals surface area contributed by atoms with Gasteiger partial charge in [-0.2, -0.15) is 0 Å². The molecule has 0 radical (unpaired) electrons. The number of ether oxygens (including phenoxy) is 1. The fraction of sp³-hybridized carbons (Fsp3) is 0.412. The van der Waals surface area contributed by atoms with Gasteiger partial charge < -0.3 is 9.26 Å². The Morgan fingerprint density at radius 3 is 2.55 bits per heavy atom. The predicted molar refractivity (Wildman–Crippen MR) is 85.3 cm³/mol. The number of hydrogen-bond acceptors (Lipinski definition) is 4. The second kappa shape index (κ2) is 6.64. The maximum atomic E-state index is 11.8. The Morgan fingerprint density at radius 2 is 2.00 bits per heavy atom. The van der Waals surface area contributed by atoms with E-state index in [1.807, 2.05) is 24.3 Å². The number of nitrogens with zero attached hydrogens (tertiary/aromatic N) is 1. The van der Waals surface area contributed by atoms with Crippen molar-refractivity contribution in [2.45, 2.75) is 46.0 Å². The predicted octanol–water partition coefficient (Wildman–Crippen LogP) is 4.67. The van der Waals surface area contributed by atoms with Gasteiger partial charge in [0.1, 0.15) is 6.20 Å². The molecule has 0 unspecified atom stereocenters. The van der Waals surface area contributed by atoms with Crippen molar-refractivity contribution in [3.63, 3.8) is 0 Å². The van der Waals surface area contributed by atoms with Gasteiger partial charge in [0.2, 0.25) is 0 Å². The number of hydrogen-bond donors (Lipinski definition) is 1. The molecule has 1 aromatic carbocycles. The molecule has 0 bridgehead atoms. The molecule has 5 heteroatoms. The van der Waals surface area contributed by atoms with E-state index in [2.05, 4.69) is 31.2 Å². The zero-order valence-corrected chi connectivity index (χ0v) is 13.5. The Labute approximate surface area is 130 Å². The molecule has 0 saturated heterocycles. The van der Waals surface area contributed by atoms with Crippen LogP contribution in [0, 0.1) is 6.92 Å². The van der Waals surface area contributed by atoms with E-state index in [0.717, 1.165) is 12.8 Å². The highest BCUT2D eigenvalue weighted by Crippen LogP contribution is 2.29. The Kier molecular flexibility index (Phi) is 4.85. The number of amides is 1. The number of benzene rings is 1. The second-order valence-electron chi connectivity index (χ2n) is 5.97. The summed E-state index contributed by atoms with van der Waals surface area (Å²) in [5, 5.41) is 6.25. The molecule has 1 heterocycles. The van der Waals surface area contributed by atoms with Crippen LogP contribution in [-0.2, 0) is 5.41 Å². The minimum absolute atomic E-state index is 0.132. The van der Waals surface area contributed by atoms with Crippen LogP contribution in [0.15, 0.2) is 35.0 Å². The SMILES string of the molecule is CCCC(C)(C)c1ccc(NC(=O)Oc2cnoc2C)cc1. The molecule has 0 saturated carbocycles. The van der Waals surface area contributed by atoms with Crippen molar-refractivity contribution in [1.29, 1.82) is 0 Å². The van der Waals surface area contributed by atoms with E-state index in [1.54, 1.807) is 6.92 Å². The molecule has 2 aromatic rings. The summed E-state index contributed by atoms with van der Waals surface area (Å²) >= 11 is 0. The molecular formula is C17H22N2O3. The van der Waals surface area contributed by atoms with Gasteiger partial charge in [-0.25, -0.2) is 4.79 Å². The zero-order valence-electron chi connectivity index (χ0n) is 13.5. The van der Waals surface area contributed by atoms with Gasteiger partial charge >= 0.3 is 6.09 Å². The molecule has 0 aliphatic carbocycles. The molecule has 1 amide bonds. The monoisotopic (exact) mass is 302 g/mol. The number of anilines is 1. The number of aromatic nitrogens is 1. The third kappa shape index (κ3) is 3.87. The number of nitrogens with one attached hydrogen (secondary N) is 1. The molecule has 1 N–H and O–H groups in total. The molecule has 0 fully saturated rings. The van der Waals surface area contributed by atoms with Crippen LogP contribution in [0.3, 0.4) is 0 Å². The minimum atomic E-state index is -0.563.